The summed E-state index contributed by atoms with van der Waals surface area (Å²) >= 11 is 3.22. The van der Waals surface area contributed by atoms with Gasteiger partial charge < -0.3 is 10.4 Å². The van der Waals surface area contributed by atoms with E-state index < -0.39 is 5.97 Å². The topological polar surface area (TPSA) is 79.3 Å². The number of nitrogens with one attached hydrogen (secondary N) is 1. The summed E-state index contributed by atoms with van der Waals surface area (Å²) in [5.74, 6) is -1.29. The quantitative estimate of drug-likeness (QED) is 0.889. The third kappa shape index (κ3) is 4.13. The summed E-state index contributed by atoms with van der Waals surface area (Å²) in [5, 5.41) is 11.7. The van der Waals surface area contributed by atoms with Gasteiger partial charge in [0.05, 0.1) is 17.7 Å². The molecule has 5 nitrogen and oxygen atoms in total. The van der Waals surface area contributed by atoms with Crippen LogP contribution in [0.15, 0.2) is 41.0 Å². The minimum atomic E-state index is -1.05. The molecule has 0 aliphatic carbocycles. The van der Waals surface area contributed by atoms with Crippen LogP contribution in [0.2, 0.25) is 0 Å². The van der Waals surface area contributed by atoms with Gasteiger partial charge >= 0.3 is 5.97 Å². The number of carbonyl (C=O) groups excluding carboxylic acids is 1. The van der Waals surface area contributed by atoms with E-state index in [4.69, 9.17) is 5.11 Å². The van der Waals surface area contributed by atoms with E-state index in [1.54, 1.807) is 12.3 Å². The number of carboxylic acids is 1. The Kier molecular flexibility index (Phi) is 4.70. The fourth-order valence-corrected chi connectivity index (χ4v) is 2.34. The molecular formula is C15H13BrN2O3. The molecule has 0 saturated carbocycles. The largest absolute Gasteiger partial charge is 0.478 e. The first-order valence-corrected chi connectivity index (χ1v) is 6.99. The van der Waals surface area contributed by atoms with Crippen LogP contribution in [0.25, 0.3) is 0 Å². The van der Waals surface area contributed by atoms with E-state index in [0.29, 0.717) is 15.9 Å². The number of aryl methyl sites for hydroxylation is 1. The van der Waals surface area contributed by atoms with Gasteiger partial charge in [-0.1, -0.05) is 22.0 Å². The molecule has 6 heteroatoms. The van der Waals surface area contributed by atoms with Crippen LogP contribution in [0.4, 0.5) is 5.69 Å². The van der Waals surface area contributed by atoms with Crippen LogP contribution >= 0.6 is 15.9 Å². The van der Waals surface area contributed by atoms with Crippen LogP contribution in [-0.4, -0.2) is 22.0 Å². The van der Waals surface area contributed by atoms with E-state index >= 15 is 0 Å². The van der Waals surface area contributed by atoms with Crippen LogP contribution < -0.4 is 5.32 Å². The summed E-state index contributed by atoms with van der Waals surface area (Å²) in [6.45, 7) is 1.89. The van der Waals surface area contributed by atoms with Gasteiger partial charge in [0.1, 0.15) is 0 Å². The number of hydrogen-bond acceptors (Lipinski definition) is 3. The van der Waals surface area contributed by atoms with Crippen molar-refractivity contribution in [1.82, 2.24) is 4.98 Å². The lowest BCUT2D eigenvalue weighted by Crippen LogP contribution is -2.16. The monoisotopic (exact) mass is 348 g/mol. The van der Waals surface area contributed by atoms with E-state index in [0.717, 1.165) is 5.56 Å². The number of anilines is 1. The number of pyridine rings is 1. The van der Waals surface area contributed by atoms with Crippen molar-refractivity contribution in [2.24, 2.45) is 0 Å². The normalized spacial score (nSPS) is 10.2. The lowest BCUT2D eigenvalue weighted by Gasteiger charge is -2.08. The maximum Gasteiger partial charge on any atom is 0.335 e. The van der Waals surface area contributed by atoms with Crippen molar-refractivity contribution >= 4 is 33.5 Å². The van der Waals surface area contributed by atoms with Crippen molar-refractivity contribution in [2.75, 3.05) is 5.32 Å². The average Bonchev–Trinajstić information content (AvgIpc) is 2.40. The number of amides is 1. The second-order valence-corrected chi connectivity index (χ2v) is 5.44. The number of rotatable bonds is 4. The molecule has 0 unspecified atom stereocenters. The molecule has 2 rings (SSSR count). The Balaban J connectivity index is 2.13. The summed E-state index contributed by atoms with van der Waals surface area (Å²) in [6.07, 6.45) is 1.78. The molecule has 0 saturated heterocycles. The summed E-state index contributed by atoms with van der Waals surface area (Å²) in [7, 11) is 0. The zero-order valence-corrected chi connectivity index (χ0v) is 12.8. The first-order valence-electron chi connectivity index (χ1n) is 6.20. The summed E-state index contributed by atoms with van der Waals surface area (Å²) in [6, 6.07) is 8.23. The van der Waals surface area contributed by atoms with Gasteiger partial charge in [0.15, 0.2) is 0 Å². The van der Waals surface area contributed by atoms with Crippen molar-refractivity contribution < 1.29 is 14.7 Å². The van der Waals surface area contributed by atoms with Crippen molar-refractivity contribution in [3.05, 3.63) is 57.8 Å². The van der Waals surface area contributed by atoms with Crippen LogP contribution in [0.1, 0.15) is 21.6 Å². The van der Waals surface area contributed by atoms with E-state index in [2.05, 4.69) is 26.2 Å². The highest BCUT2D eigenvalue weighted by Gasteiger charge is 2.10. The summed E-state index contributed by atoms with van der Waals surface area (Å²) in [5.41, 5.74) is 2.17. The molecule has 108 valence electrons. The molecular weight excluding hydrogens is 336 g/mol. The smallest absolute Gasteiger partial charge is 0.335 e. The van der Waals surface area contributed by atoms with Crippen LogP contribution in [0.3, 0.4) is 0 Å². The van der Waals surface area contributed by atoms with Crippen molar-refractivity contribution in [3.8, 4) is 0 Å². The average molecular weight is 349 g/mol. The first-order chi connectivity index (χ1) is 9.95. The Labute approximate surface area is 130 Å². The predicted molar refractivity (Wildman–Crippen MR) is 82.4 cm³/mol. The molecule has 2 aromatic rings. The second-order valence-electron chi connectivity index (χ2n) is 4.53. The van der Waals surface area contributed by atoms with Gasteiger partial charge in [-0.2, -0.15) is 0 Å². The van der Waals surface area contributed by atoms with Gasteiger partial charge in [0.25, 0.3) is 0 Å². The van der Waals surface area contributed by atoms with E-state index in [9.17, 15) is 9.59 Å². The molecule has 0 radical (unpaired) electrons. The maximum absolute atomic E-state index is 12.0. The number of halogens is 1. The van der Waals surface area contributed by atoms with Gasteiger partial charge in [-0.3, -0.25) is 9.78 Å². The lowest BCUT2D eigenvalue weighted by molar-refractivity contribution is -0.115. The molecule has 1 aromatic carbocycles. The lowest BCUT2D eigenvalue weighted by atomic mass is 10.1. The molecule has 1 heterocycles. The van der Waals surface area contributed by atoms with Crippen LogP contribution in [0.5, 0.6) is 0 Å². The Morgan fingerprint density at radius 1 is 1.33 bits per heavy atom. The molecule has 1 amide bonds. The highest BCUT2D eigenvalue weighted by molar-refractivity contribution is 9.10. The number of aromatic carboxylic acids is 1. The SMILES string of the molecule is Cc1cccnc1CC(=O)Nc1cc(Br)cc(C(=O)O)c1. The fourth-order valence-electron chi connectivity index (χ4n) is 1.85. The number of aromatic nitrogens is 1. The number of nitrogens with zero attached hydrogens (tertiary/aromatic N) is 1. The zero-order valence-electron chi connectivity index (χ0n) is 11.3. The standard InChI is InChI=1S/C15H13BrN2O3/c1-9-3-2-4-17-13(9)8-14(19)18-12-6-10(15(20)21)5-11(16)7-12/h2-7H,8H2,1H3,(H,18,19)(H,20,21). The maximum atomic E-state index is 12.0. The van der Waals surface area contributed by atoms with Crippen LogP contribution in [-0.2, 0) is 11.2 Å². The van der Waals surface area contributed by atoms with E-state index in [-0.39, 0.29) is 17.9 Å². The molecule has 0 aliphatic heterocycles. The van der Waals surface area contributed by atoms with Crippen molar-refractivity contribution in [1.29, 1.82) is 0 Å². The number of hydrogen-bond donors (Lipinski definition) is 2. The van der Waals surface area contributed by atoms with E-state index in [1.807, 2.05) is 19.1 Å². The highest BCUT2D eigenvalue weighted by atomic mass is 79.9. The molecule has 0 bridgehead atoms. The number of carboxylic acid groups (broad SMARTS) is 1. The first kappa shape index (κ1) is 15.2. The van der Waals surface area contributed by atoms with Gasteiger partial charge in [-0.05, 0) is 36.8 Å². The van der Waals surface area contributed by atoms with Gasteiger partial charge in [0, 0.05) is 16.4 Å². The molecule has 21 heavy (non-hydrogen) atoms. The predicted octanol–water partition coefficient (Wildman–Crippen LogP) is 3.03. The number of carbonyl (C=O) groups is 2. The number of benzene rings is 1. The van der Waals surface area contributed by atoms with Gasteiger partial charge in [0.2, 0.25) is 5.91 Å². The second kappa shape index (κ2) is 6.49. The molecule has 2 N–H and O–H groups in total. The zero-order chi connectivity index (χ0) is 15.4. The fraction of sp³-hybridized carbons (Fsp3) is 0.133. The third-order valence-corrected chi connectivity index (χ3v) is 3.33. The van der Waals surface area contributed by atoms with Gasteiger partial charge in [-0.25, -0.2) is 4.79 Å². The third-order valence-electron chi connectivity index (χ3n) is 2.87. The van der Waals surface area contributed by atoms with Gasteiger partial charge in [-0.15, -0.1) is 0 Å². The highest BCUT2D eigenvalue weighted by Crippen LogP contribution is 2.20. The minimum absolute atomic E-state index is 0.105. The Hall–Kier alpha value is -2.21. The van der Waals surface area contributed by atoms with E-state index in [1.165, 1.54) is 12.1 Å². The minimum Gasteiger partial charge on any atom is -0.478 e. The molecule has 0 atom stereocenters. The Morgan fingerprint density at radius 3 is 2.76 bits per heavy atom. The summed E-state index contributed by atoms with van der Waals surface area (Å²) in [4.78, 5) is 27.2. The Morgan fingerprint density at radius 2 is 2.10 bits per heavy atom. The molecule has 0 aliphatic rings. The molecule has 0 spiro atoms. The van der Waals surface area contributed by atoms with Crippen molar-refractivity contribution in [2.45, 2.75) is 13.3 Å². The Bertz CT molecular complexity index is 701. The molecule has 1 aromatic heterocycles. The van der Waals surface area contributed by atoms with Crippen molar-refractivity contribution in [3.63, 3.8) is 0 Å². The molecule has 0 fully saturated rings. The summed E-state index contributed by atoms with van der Waals surface area (Å²) < 4.78 is 0.590. The van der Waals surface area contributed by atoms with Crippen LogP contribution in [0, 0.1) is 6.92 Å².